The van der Waals surface area contributed by atoms with Gasteiger partial charge in [-0.15, -0.1) is 0 Å². The minimum Gasteiger partial charge on any atom is -0.280 e. The standard InChI is InChI=1S/C13H10N2O3/c16-8-14-13(18)15(9-17)12-7-3-5-10-4-1-2-6-11(10)12/h1-9H,(H,14,16,18). The van der Waals surface area contributed by atoms with Crippen molar-refractivity contribution in [3.63, 3.8) is 0 Å². The zero-order valence-corrected chi connectivity index (χ0v) is 9.37. The van der Waals surface area contributed by atoms with Crippen LogP contribution in [-0.2, 0) is 9.59 Å². The zero-order valence-electron chi connectivity index (χ0n) is 9.37. The van der Waals surface area contributed by atoms with E-state index in [1.54, 1.807) is 18.2 Å². The number of rotatable bonds is 3. The van der Waals surface area contributed by atoms with E-state index in [2.05, 4.69) is 0 Å². The van der Waals surface area contributed by atoms with E-state index >= 15 is 0 Å². The minimum atomic E-state index is -0.781. The molecule has 0 aromatic heterocycles. The smallest absolute Gasteiger partial charge is 0.280 e. The lowest BCUT2D eigenvalue weighted by atomic mass is 10.1. The van der Waals surface area contributed by atoms with E-state index in [9.17, 15) is 14.4 Å². The van der Waals surface area contributed by atoms with Gasteiger partial charge < -0.3 is 0 Å². The molecule has 2 aromatic rings. The van der Waals surface area contributed by atoms with Crippen molar-refractivity contribution >= 4 is 35.3 Å². The van der Waals surface area contributed by atoms with Gasteiger partial charge in [0.15, 0.2) is 0 Å². The maximum Gasteiger partial charge on any atom is 0.334 e. The first-order valence-electron chi connectivity index (χ1n) is 5.24. The molecule has 0 spiro atoms. The number of carbonyl (C=O) groups excluding carboxylic acids is 3. The molecule has 0 unspecified atom stereocenters. The summed E-state index contributed by atoms with van der Waals surface area (Å²) in [4.78, 5) is 33.7. The monoisotopic (exact) mass is 242 g/mol. The number of urea groups is 1. The minimum absolute atomic E-state index is 0.240. The molecule has 0 atom stereocenters. The molecule has 1 N–H and O–H groups in total. The molecule has 0 saturated heterocycles. The number of nitrogens with one attached hydrogen (secondary N) is 1. The van der Waals surface area contributed by atoms with Crippen LogP contribution in [0.5, 0.6) is 0 Å². The Balaban J connectivity index is 2.54. The summed E-state index contributed by atoms with van der Waals surface area (Å²) in [6.45, 7) is 0. The van der Waals surface area contributed by atoms with Gasteiger partial charge in [0.05, 0.1) is 5.69 Å². The summed E-state index contributed by atoms with van der Waals surface area (Å²) >= 11 is 0. The second-order valence-corrected chi connectivity index (χ2v) is 3.54. The van der Waals surface area contributed by atoms with Crippen molar-refractivity contribution in [1.82, 2.24) is 5.32 Å². The first-order chi connectivity index (χ1) is 8.77. The van der Waals surface area contributed by atoms with Gasteiger partial charge in [0, 0.05) is 5.39 Å². The number of nitrogens with zero attached hydrogens (tertiary/aromatic N) is 1. The van der Waals surface area contributed by atoms with Gasteiger partial charge in [-0.1, -0.05) is 36.4 Å². The van der Waals surface area contributed by atoms with E-state index < -0.39 is 6.03 Å². The van der Waals surface area contributed by atoms with E-state index in [1.165, 1.54) is 0 Å². The van der Waals surface area contributed by atoms with Crippen LogP contribution in [0.25, 0.3) is 10.8 Å². The lowest BCUT2D eigenvalue weighted by molar-refractivity contribution is -0.108. The predicted molar refractivity (Wildman–Crippen MR) is 67.1 cm³/mol. The van der Waals surface area contributed by atoms with Crippen LogP contribution >= 0.6 is 0 Å². The summed E-state index contributed by atoms with van der Waals surface area (Å²) in [7, 11) is 0. The molecule has 5 nitrogen and oxygen atoms in total. The number of hydrogen-bond donors (Lipinski definition) is 1. The molecule has 0 heterocycles. The van der Waals surface area contributed by atoms with Crippen LogP contribution in [0.1, 0.15) is 0 Å². The molecule has 0 fully saturated rings. The molecule has 2 rings (SSSR count). The Hall–Kier alpha value is -2.69. The van der Waals surface area contributed by atoms with Crippen LogP contribution in [0, 0.1) is 0 Å². The van der Waals surface area contributed by atoms with Crippen LogP contribution in [0.15, 0.2) is 42.5 Å². The summed E-state index contributed by atoms with van der Waals surface area (Å²) in [5, 5.41) is 3.60. The van der Waals surface area contributed by atoms with E-state index in [0.717, 1.165) is 15.7 Å². The van der Waals surface area contributed by atoms with Gasteiger partial charge in [0.2, 0.25) is 12.8 Å². The summed E-state index contributed by atoms with van der Waals surface area (Å²) < 4.78 is 0. The number of imide groups is 2. The number of fused-ring (bicyclic) bond motifs is 1. The highest BCUT2D eigenvalue weighted by atomic mass is 16.2. The third-order valence-corrected chi connectivity index (χ3v) is 2.53. The van der Waals surface area contributed by atoms with Crippen molar-refractivity contribution < 1.29 is 14.4 Å². The second kappa shape index (κ2) is 5.09. The highest BCUT2D eigenvalue weighted by molar-refractivity contribution is 6.14. The fraction of sp³-hybridized carbons (Fsp3) is 0. The molecular weight excluding hydrogens is 232 g/mol. The van der Waals surface area contributed by atoms with Crippen molar-refractivity contribution in [3.8, 4) is 0 Å². The average Bonchev–Trinajstić information content (AvgIpc) is 2.40. The number of hydrogen-bond acceptors (Lipinski definition) is 3. The quantitative estimate of drug-likeness (QED) is 0.832. The maximum absolute atomic E-state index is 11.6. The van der Waals surface area contributed by atoms with Gasteiger partial charge in [0.25, 0.3) is 0 Å². The largest absolute Gasteiger partial charge is 0.334 e. The van der Waals surface area contributed by atoms with Gasteiger partial charge in [-0.2, -0.15) is 0 Å². The average molecular weight is 242 g/mol. The van der Waals surface area contributed by atoms with E-state index in [4.69, 9.17) is 0 Å². The molecule has 0 aliphatic carbocycles. The predicted octanol–water partition coefficient (Wildman–Crippen LogP) is 1.67. The maximum atomic E-state index is 11.6. The molecule has 4 amide bonds. The molecule has 5 heteroatoms. The third kappa shape index (κ3) is 2.06. The van der Waals surface area contributed by atoms with E-state index in [-0.39, 0.29) is 6.41 Å². The number of anilines is 1. The highest BCUT2D eigenvalue weighted by Crippen LogP contribution is 2.25. The molecule has 2 aromatic carbocycles. The SMILES string of the molecule is O=CNC(=O)N(C=O)c1cccc2ccccc12. The second-order valence-electron chi connectivity index (χ2n) is 3.54. The van der Waals surface area contributed by atoms with Gasteiger partial charge in [-0.3, -0.25) is 14.9 Å². The fourth-order valence-electron chi connectivity index (χ4n) is 1.75. The van der Waals surface area contributed by atoms with Crippen LogP contribution in [0.2, 0.25) is 0 Å². The van der Waals surface area contributed by atoms with Crippen LogP contribution in [0.4, 0.5) is 10.5 Å². The lowest BCUT2D eigenvalue weighted by Gasteiger charge is -2.16. The van der Waals surface area contributed by atoms with Gasteiger partial charge >= 0.3 is 6.03 Å². The summed E-state index contributed by atoms with van der Waals surface area (Å²) in [5.41, 5.74) is 0.433. The molecule has 0 bridgehead atoms. The van der Waals surface area contributed by atoms with Crippen LogP contribution in [-0.4, -0.2) is 18.9 Å². The van der Waals surface area contributed by atoms with Gasteiger partial charge in [0.1, 0.15) is 0 Å². The zero-order chi connectivity index (χ0) is 13.0. The van der Waals surface area contributed by atoms with Crippen molar-refractivity contribution in [2.45, 2.75) is 0 Å². The summed E-state index contributed by atoms with van der Waals surface area (Å²) in [6, 6.07) is 11.8. The van der Waals surface area contributed by atoms with Gasteiger partial charge in [-0.05, 0) is 11.5 Å². The molecule has 0 radical (unpaired) electrons. The number of amides is 4. The molecular formula is C13H10N2O3. The Kier molecular flexibility index (Phi) is 3.33. The Morgan fingerprint density at radius 2 is 1.78 bits per heavy atom. The number of benzene rings is 2. The summed E-state index contributed by atoms with van der Waals surface area (Å²) in [6.07, 6.45) is 0.616. The Labute approximate surface area is 103 Å². The molecule has 90 valence electrons. The molecule has 0 aliphatic heterocycles. The topological polar surface area (TPSA) is 66.5 Å². The Morgan fingerprint density at radius 1 is 1.06 bits per heavy atom. The van der Waals surface area contributed by atoms with Crippen LogP contribution in [0.3, 0.4) is 0 Å². The van der Waals surface area contributed by atoms with E-state index in [1.807, 2.05) is 29.6 Å². The highest BCUT2D eigenvalue weighted by Gasteiger charge is 2.16. The molecule has 18 heavy (non-hydrogen) atoms. The molecule has 0 saturated carbocycles. The summed E-state index contributed by atoms with van der Waals surface area (Å²) in [5.74, 6) is 0. The Bertz CT molecular complexity index is 605. The van der Waals surface area contributed by atoms with Crippen LogP contribution < -0.4 is 10.2 Å². The van der Waals surface area contributed by atoms with E-state index in [0.29, 0.717) is 12.1 Å². The fourth-order valence-corrected chi connectivity index (χ4v) is 1.75. The van der Waals surface area contributed by atoms with Crippen molar-refractivity contribution in [3.05, 3.63) is 42.5 Å². The lowest BCUT2D eigenvalue weighted by Crippen LogP contribution is -2.38. The first kappa shape index (κ1) is 11.8. The number of carbonyl (C=O) groups is 3. The Morgan fingerprint density at radius 3 is 2.50 bits per heavy atom. The molecule has 0 aliphatic rings. The third-order valence-electron chi connectivity index (χ3n) is 2.53. The first-order valence-corrected chi connectivity index (χ1v) is 5.24. The van der Waals surface area contributed by atoms with Crippen molar-refractivity contribution in [2.24, 2.45) is 0 Å². The van der Waals surface area contributed by atoms with Crippen molar-refractivity contribution in [1.29, 1.82) is 0 Å². The van der Waals surface area contributed by atoms with Crippen molar-refractivity contribution in [2.75, 3.05) is 4.90 Å². The normalized spacial score (nSPS) is 9.78. The van der Waals surface area contributed by atoms with Gasteiger partial charge in [-0.25, -0.2) is 9.69 Å².